The summed E-state index contributed by atoms with van der Waals surface area (Å²) >= 11 is 0. The van der Waals surface area contributed by atoms with E-state index in [1.165, 1.54) is 11.1 Å². The van der Waals surface area contributed by atoms with E-state index in [9.17, 15) is 13.5 Å². The third-order valence-corrected chi connectivity index (χ3v) is 7.32. The highest BCUT2D eigenvalue weighted by Gasteiger charge is 2.30. The number of rotatable bonds is 8. The molecule has 2 aromatic carbocycles. The van der Waals surface area contributed by atoms with Crippen LogP contribution in [0, 0.1) is 0 Å². The third-order valence-electron chi connectivity index (χ3n) is 5.52. The van der Waals surface area contributed by atoms with Gasteiger partial charge in [0.2, 0.25) is 0 Å². The van der Waals surface area contributed by atoms with Gasteiger partial charge in [-0.1, -0.05) is 56.3 Å². The minimum atomic E-state index is -2.88. The number of benzene rings is 2. The summed E-state index contributed by atoms with van der Waals surface area (Å²) in [6.07, 6.45) is 0.0259. The van der Waals surface area contributed by atoms with E-state index in [-0.39, 0.29) is 29.6 Å². The minimum absolute atomic E-state index is 0.0548. The SMILES string of the molecule is CC(C)(c1ccccc1)c1ccc(OC[C@@H](O)C[NH2+][C@@H]2CCS(=O)(=O)C2)cc1. The monoisotopic (exact) mass is 404 g/mol. The number of nitrogens with two attached hydrogens (primary N) is 1. The van der Waals surface area contributed by atoms with Gasteiger partial charge in [0, 0.05) is 11.8 Å². The van der Waals surface area contributed by atoms with Gasteiger partial charge < -0.3 is 15.2 Å². The predicted octanol–water partition coefficient (Wildman–Crippen LogP) is 1.50. The molecule has 2 atom stereocenters. The molecule has 0 aromatic heterocycles. The Hall–Kier alpha value is -1.89. The molecule has 152 valence electrons. The van der Waals surface area contributed by atoms with Gasteiger partial charge in [0.25, 0.3) is 0 Å². The molecular weight excluding hydrogens is 374 g/mol. The Labute approximate surface area is 167 Å². The second kappa shape index (κ2) is 8.64. The van der Waals surface area contributed by atoms with Crippen LogP contribution in [-0.4, -0.2) is 50.3 Å². The van der Waals surface area contributed by atoms with Crippen molar-refractivity contribution in [2.75, 3.05) is 24.7 Å². The average Bonchev–Trinajstić information content (AvgIpc) is 3.04. The molecule has 0 spiro atoms. The molecule has 0 radical (unpaired) electrons. The van der Waals surface area contributed by atoms with Crippen LogP contribution in [0.3, 0.4) is 0 Å². The Morgan fingerprint density at radius 2 is 1.75 bits per heavy atom. The fraction of sp³-hybridized carbons (Fsp3) is 0.455. The molecule has 0 unspecified atom stereocenters. The van der Waals surface area contributed by atoms with Gasteiger partial charge in [0.1, 0.15) is 36.8 Å². The van der Waals surface area contributed by atoms with Crippen molar-refractivity contribution in [2.45, 2.75) is 37.8 Å². The first kappa shape index (κ1) is 20.8. The first-order valence-corrected chi connectivity index (χ1v) is 11.6. The number of hydrogen-bond acceptors (Lipinski definition) is 4. The maximum atomic E-state index is 11.5. The van der Waals surface area contributed by atoms with E-state index in [2.05, 4.69) is 38.1 Å². The molecule has 28 heavy (non-hydrogen) atoms. The molecule has 0 saturated carbocycles. The molecule has 0 bridgehead atoms. The molecule has 1 saturated heterocycles. The summed E-state index contributed by atoms with van der Waals surface area (Å²) in [7, 11) is -2.88. The van der Waals surface area contributed by atoms with Crippen molar-refractivity contribution in [2.24, 2.45) is 0 Å². The highest BCUT2D eigenvalue weighted by atomic mass is 32.2. The Bertz CT molecular complexity index is 863. The van der Waals surface area contributed by atoms with Crippen LogP contribution in [0.15, 0.2) is 54.6 Å². The summed E-state index contributed by atoms with van der Waals surface area (Å²) in [5.74, 6) is 1.18. The third kappa shape index (κ3) is 5.34. The molecule has 1 fully saturated rings. The predicted molar refractivity (Wildman–Crippen MR) is 110 cm³/mol. The maximum Gasteiger partial charge on any atom is 0.156 e. The largest absolute Gasteiger partial charge is 0.491 e. The minimum Gasteiger partial charge on any atom is -0.491 e. The summed E-state index contributed by atoms with van der Waals surface area (Å²) < 4.78 is 28.7. The Balaban J connectivity index is 1.49. The van der Waals surface area contributed by atoms with Crippen molar-refractivity contribution in [1.82, 2.24) is 0 Å². The number of aliphatic hydroxyl groups excluding tert-OH is 1. The van der Waals surface area contributed by atoms with Crippen molar-refractivity contribution >= 4 is 9.84 Å². The fourth-order valence-electron chi connectivity index (χ4n) is 3.61. The lowest BCUT2D eigenvalue weighted by Gasteiger charge is -2.26. The molecule has 0 amide bonds. The number of aliphatic hydroxyl groups is 1. The van der Waals surface area contributed by atoms with E-state index in [4.69, 9.17) is 4.74 Å². The van der Waals surface area contributed by atoms with Gasteiger partial charge in [-0.15, -0.1) is 0 Å². The van der Waals surface area contributed by atoms with Crippen molar-refractivity contribution in [1.29, 1.82) is 0 Å². The Morgan fingerprint density at radius 1 is 1.11 bits per heavy atom. The maximum absolute atomic E-state index is 11.5. The summed E-state index contributed by atoms with van der Waals surface area (Å²) in [6.45, 7) is 5.03. The molecule has 1 aliphatic heterocycles. The van der Waals surface area contributed by atoms with Crippen LogP contribution >= 0.6 is 0 Å². The van der Waals surface area contributed by atoms with Crippen LogP contribution in [0.2, 0.25) is 0 Å². The molecule has 1 heterocycles. The van der Waals surface area contributed by atoms with E-state index in [0.717, 1.165) is 5.75 Å². The molecule has 1 aliphatic rings. The number of quaternary nitrogens is 1. The van der Waals surface area contributed by atoms with Crippen LogP contribution in [0.25, 0.3) is 0 Å². The highest BCUT2D eigenvalue weighted by molar-refractivity contribution is 7.91. The van der Waals surface area contributed by atoms with Gasteiger partial charge in [-0.2, -0.15) is 0 Å². The zero-order valence-electron chi connectivity index (χ0n) is 16.5. The second-order valence-corrected chi connectivity index (χ2v) is 10.3. The zero-order valence-corrected chi connectivity index (χ0v) is 17.4. The summed E-state index contributed by atoms with van der Waals surface area (Å²) in [5, 5.41) is 12.0. The van der Waals surface area contributed by atoms with Gasteiger partial charge in [-0.05, 0) is 23.3 Å². The molecule has 5 nitrogen and oxygen atoms in total. The number of sulfone groups is 1. The van der Waals surface area contributed by atoms with Crippen LogP contribution in [0.4, 0.5) is 0 Å². The Kier molecular flexibility index (Phi) is 6.43. The summed E-state index contributed by atoms with van der Waals surface area (Å²) in [5.41, 5.74) is 2.35. The molecule has 3 rings (SSSR count). The van der Waals surface area contributed by atoms with E-state index in [0.29, 0.717) is 13.0 Å². The number of ether oxygens (including phenoxy) is 1. The molecule has 6 heteroatoms. The highest BCUT2D eigenvalue weighted by Crippen LogP contribution is 2.32. The van der Waals surface area contributed by atoms with Crippen LogP contribution in [0.1, 0.15) is 31.4 Å². The quantitative estimate of drug-likeness (QED) is 0.699. The smallest absolute Gasteiger partial charge is 0.156 e. The first-order valence-electron chi connectivity index (χ1n) is 9.77. The van der Waals surface area contributed by atoms with E-state index < -0.39 is 15.9 Å². The van der Waals surface area contributed by atoms with E-state index in [1.807, 2.05) is 35.6 Å². The van der Waals surface area contributed by atoms with Gasteiger partial charge in [-0.25, -0.2) is 8.42 Å². The molecular formula is C22H30NO4S+. The van der Waals surface area contributed by atoms with Crippen molar-refractivity contribution < 1.29 is 23.6 Å². The normalized spacial score (nSPS) is 20.0. The molecule has 0 aliphatic carbocycles. The van der Waals surface area contributed by atoms with Crippen molar-refractivity contribution in [3.8, 4) is 5.75 Å². The van der Waals surface area contributed by atoms with Crippen molar-refractivity contribution in [3.63, 3.8) is 0 Å². The molecule has 3 N–H and O–H groups in total. The van der Waals surface area contributed by atoms with E-state index >= 15 is 0 Å². The van der Waals surface area contributed by atoms with Gasteiger partial charge in [-0.3, -0.25) is 0 Å². The topological polar surface area (TPSA) is 80.2 Å². The standard InChI is InChI=1S/C22H29NO4S/c1-22(2,17-6-4-3-5-7-17)18-8-10-21(11-9-18)27-15-20(24)14-23-19-12-13-28(25,26)16-19/h3-11,19-20,23-24H,12-16H2,1-2H3/p+1/t19-,20+/m1/s1. The van der Waals surface area contributed by atoms with Crippen LogP contribution in [0.5, 0.6) is 5.75 Å². The van der Waals surface area contributed by atoms with Crippen LogP contribution < -0.4 is 10.1 Å². The summed E-state index contributed by atoms with van der Waals surface area (Å²) in [6, 6.07) is 18.4. The number of hydrogen-bond donors (Lipinski definition) is 2. The lowest BCUT2D eigenvalue weighted by molar-refractivity contribution is -0.689. The lowest BCUT2D eigenvalue weighted by Crippen LogP contribution is -2.92. The first-order chi connectivity index (χ1) is 13.3. The van der Waals surface area contributed by atoms with Gasteiger partial charge in [0.05, 0.1) is 5.75 Å². The lowest BCUT2D eigenvalue weighted by atomic mass is 9.78. The second-order valence-electron chi connectivity index (χ2n) is 8.11. The zero-order chi connectivity index (χ0) is 20.2. The Morgan fingerprint density at radius 3 is 2.36 bits per heavy atom. The van der Waals surface area contributed by atoms with Crippen molar-refractivity contribution in [3.05, 3.63) is 65.7 Å². The van der Waals surface area contributed by atoms with Crippen LogP contribution in [-0.2, 0) is 15.3 Å². The average molecular weight is 405 g/mol. The van der Waals surface area contributed by atoms with Gasteiger partial charge >= 0.3 is 0 Å². The molecule has 2 aromatic rings. The summed E-state index contributed by atoms with van der Waals surface area (Å²) in [4.78, 5) is 0. The van der Waals surface area contributed by atoms with Gasteiger partial charge in [0.15, 0.2) is 9.84 Å². The van der Waals surface area contributed by atoms with E-state index in [1.54, 1.807) is 0 Å². The fourth-order valence-corrected chi connectivity index (χ4v) is 5.39.